The lowest BCUT2D eigenvalue weighted by Gasteiger charge is -2.30. The Hall–Kier alpha value is -1.00. The van der Waals surface area contributed by atoms with Gasteiger partial charge in [0.1, 0.15) is 5.82 Å². The van der Waals surface area contributed by atoms with Crippen LogP contribution in [-0.2, 0) is 4.74 Å². The van der Waals surface area contributed by atoms with E-state index in [1.165, 1.54) is 6.20 Å². The summed E-state index contributed by atoms with van der Waals surface area (Å²) in [5, 5.41) is 3.55. The molecule has 4 heteroatoms. The van der Waals surface area contributed by atoms with Gasteiger partial charge in [-0.25, -0.2) is 4.39 Å². The summed E-state index contributed by atoms with van der Waals surface area (Å²) in [7, 11) is 0. The molecular weight excluding hydrogens is 255 g/mol. The standard InChI is InChI=1S/C16H25FN2O/c1-5-6-19-16(13-7-14(17)9-18-8-13)15-10(2)11(3)20-12(15)4/h7-12,15-16,19H,5-6H2,1-4H3. The van der Waals surface area contributed by atoms with E-state index >= 15 is 0 Å². The zero-order valence-electron chi connectivity index (χ0n) is 12.8. The zero-order valence-corrected chi connectivity index (χ0v) is 12.8. The minimum absolute atomic E-state index is 0.0908. The van der Waals surface area contributed by atoms with E-state index in [1.54, 1.807) is 12.3 Å². The van der Waals surface area contributed by atoms with E-state index in [1.807, 2.05) is 0 Å². The molecule has 0 amide bonds. The Kier molecular flexibility index (Phi) is 5.11. The predicted molar refractivity (Wildman–Crippen MR) is 77.9 cm³/mol. The molecular formula is C16H25FN2O. The maximum Gasteiger partial charge on any atom is 0.141 e. The molecule has 0 saturated carbocycles. The maximum atomic E-state index is 13.5. The molecule has 0 bridgehead atoms. The van der Waals surface area contributed by atoms with Crippen molar-refractivity contribution in [3.63, 3.8) is 0 Å². The van der Waals surface area contributed by atoms with Gasteiger partial charge in [0.2, 0.25) is 0 Å². The smallest absolute Gasteiger partial charge is 0.141 e. The summed E-state index contributed by atoms with van der Waals surface area (Å²) in [6.07, 6.45) is 4.46. The number of pyridine rings is 1. The Balaban J connectivity index is 2.27. The number of hydrogen-bond acceptors (Lipinski definition) is 3. The summed E-state index contributed by atoms with van der Waals surface area (Å²) in [5.74, 6) is 0.487. The van der Waals surface area contributed by atoms with Crippen LogP contribution in [0.4, 0.5) is 4.39 Å². The van der Waals surface area contributed by atoms with E-state index < -0.39 is 0 Å². The molecule has 5 atom stereocenters. The van der Waals surface area contributed by atoms with Gasteiger partial charge in [-0.05, 0) is 44.4 Å². The third kappa shape index (κ3) is 3.18. The zero-order chi connectivity index (χ0) is 14.7. The van der Waals surface area contributed by atoms with Crippen LogP contribution in [0.15, 0.2) is 18.5 Å². The predicted octanol–water partition coefficient (Wildman–Crippen LogP) is 3.32. The van der Waals surface area contributed by atoms with Gasteiger partial charge >= 0.3 is 0 Å². The summed E-state index contributed by atoms with van der Waals surface area (Å²) in [4.78, 5) is 4.00. The van der Waals surface area contributed by atoms with E-state index in [4.69, 9.17) is 4.74 Å². The van der Waals surface area contributed by atoms with Crippen LogP contribution in [0.2, 0.25) is 0 Å². The first-order valence-corrected chi connectivity index (χ1v) is 7.53. The van der Waals surface area contributed by atoms with Crippen molar-refractivity contribution in [3.8, 4) is 0 Å². The Bertz CT molecular complexity index is 440. The van der Waals surface area contributed by atoms with E-state index in [2.05, 4.69) is 38.0 Å². The number of rotatable bonds is 5. The minimum atomic E-state index is -0.280. The normalized spacial score (nSPS) is 31.4. The van der Waals surface area contributed by atoms with Crippen molar-refractivity contribution in [2.24, 2.45) is 11.8 Å². The second-order valence-electron chi connectivity index (χ2n) is 5.85. The van der Waals surface area contributed by atoms with E-state index in [-0.39, 0.29) is 24.1 Å². The van der Waals surface area contributed by atoms with Crippen LogP contribution in [0.5, 0.6) is 0 Å². The van der Waals surface area contributed by atoms with Crippen molar-refractivity contribution in [1.29, 1.82) is 0 Å². The van der Waals surface area contributed by atoms with Gasteiger partial charge < -0.3 is 10.1 Å². The Morgan fingerprint density at radius 2 is 2.05 bits per heavy atom. The molecule has 1 saturated heterocycles. The van der Waals surface area contributed by atoms with Crippen molar-refractivity contribution < 1.29 is 9.13 Å². The first kappa shape index (κ1) is 15.4. The summed E-state index contributed by atoms with van der Waals surface area (Å²) in [6.45, 7) is 9.48. The highest BCUT2D eigenvalue weighted by atomic mass is 19.1. The van der Waals surface area contributed by atoms with Crippen molar-refractivity contribution in [2.75, 3.05) is 6.54 Å². The molecule has 0 radical (unpaired) electrons. The summed E-state index contributed by atoms with van der Waals surface area (Å²) >= 11 is 0. The quantitative estimate of drug-likeness (QED) is 0.898. The Morgan fingerprint density at radius 1 is 1.30 bits per heavy atom. The molecule has 1 aromatic heterocycles. The third-order valence-electron chi connectivity index (χ3n) is 4.40. The van der Waals surface area contributed by atoms with E-state index in [0.717, 1.165) is 18.5 Å². The molecule has 2 heterocycles. The minimum Gasteiger partial charge on any atom is -0.375 e. The average Bonchev–Trinajstić information content (AvgIpc) is 2.66. The molecule has 1 aliphatic heterocycles. The number of ether oxygens (including phenoxy) is 1. The van der Waals surface area contributed by atoms with Crippen molar-refractivity contribution in [1.82, 2.24) is 10.3 Å². The van der Waals surface area contributed by atoms with Gasteiger partial charge in [0.25, 0.3) is 0 Å². The molecule has 20 heavy (non-hydrogen) atoms. The van der Waals surface area contributed by atoms with Gasteiger partial charge in [0.05, 0.1) is 18.4 Å². The Morgan fingerprint density at radius 3 is 2.60 bits per heavy atom. The molecule has 0 aromatic carbocycles. The Labute approximate surface area is 120 Å². The van der Waals surface area contributed by atoms with Gasteiger partial charge in [0, 0.05) is 18.2 Å². The number of nitrogens with zero attached hydrogens (tertiary/aromatic N) is 1. The maximum absolute atomic E-state index is 13.5. The van der Waals surface area contributed by atoms with Gasteiger partial charge in [-0.1, -0.05) is 13.8 Å². The topological polar surface area (TPSA) is 34.2 Å². The molecule has 5 unspecified atom stereocenters. The number of hydrogen-bond donors (Lipinski definition) is 1. The summed E-state index contributed by atoms with van der Waals surface area (Å²) in [6, 6.07) is 1.68. The molecule has 3 nitrogen and oxygen atoms in total. The highest BCUT2D eigenvalue weighted by Crippen LogP contribution is 2.40. The lowest BCUT2D eigenvalue weighted by atomic mass is 9.81. The average molecular weight is 280 g/mol. The van der Waals surface area contributed by atoms with Gasteiger partial charge in [-0.2, -0.15) is 0 Å². The highest BCUT2D eigenvalue weighted by molar-refractivity contribution is 5.18. The van der Waals surface area contributed by atoms with Gasteiger partial charge in [-0.15, -0.1) is 0 Å². The molecule has 1 aromatic rings. The molecule has 1 fully saturated rings. The second-order valence-corrected chi connectivity index (χ2v) is 5.85. The first-order valence-electron chi connectivity index (χ1n) is 7.53. The number of halogens is 1. The lowest BCUT2D eigenvalue weighted by molar-refractivity contribution is 0.0475. The monoisotopic (exact) mass is 280 g/mol. The van der Waals surface area contributed by atoms with Crippen LogP contribution in [0.3, 0.4) is 0 Å². The van der Waals surface area contributed by atoms with Crippen LogP contribution in [0.25, 0.3) is 0 Å². The van der Waals surface area contributed by atoms with Crippen LogP contribution in [0, 0.1) is 17.7 Å². The first-order chi connectivity index (χ1) is 9.54. The van der Waals surface area contributed by atoms with Crippen LogP contribution >= 0.6 is 0 Å². The molecule has 0 aliphatic carbocycles. The highest BCUT2D eigenvalue weighted by Gasteiger charge is 2.42. The fourth-order valence-corrected chi connectivity index (χ4v) is 3.24. The van der Waals surface area contributed by atoms with Crippen LogP contribution in [-0.4, -0.2) is 23.7 Å². The fourth-order valence-electron chi connectivity index (χ4n) is 3.24. The van der Waals surface area contributed by atoms with Gasteiger partial charge in [-0.3, -0.25) is 4.98 Å². The third-order valence-corrected chi connectivity index (χ3v) is 4.40. The van der Waals surface area contributed by atoms with E-state index in [0.29, 0.717) is 11.8 Å². The van der Waals surface area contributed by atoms with Crippen molar-refractivity contribution in [2.45, 2.75) is 52.4 Å². The molecule has 1 aliphatic rings. The summed E-state index contributed by atoms with van der Waals surface area (Å²) < 4.78 is 19.4. The van der Waals surface area contributed by atoms with E-state index in [9.17, 15) is 4.39 Å². The van der Waals surface area contributed by atoms with Crippen LogP contribution < -0.4 is 5.32 Å². The largest absolute Gasteiger partial charge is 0.375 e. The second kappa shape index (κ2) is 6.64. The number of aromatic nitrogens is 1. The molecule has 112 valence electrons. The molecule has 1 N–H and O–H groups in total. The molecule has 2 rings (SSSR count). The number of nitrogens with one attached hydrogen (secondary N) is 1. The summed E-state index contributed by atoms with van der Waals surface area (Å²) in [5.41, 5.74) is 0.917. The van der Waals surface area contributed by atoms with Crippen LogP contribution in [0.1, 0.15) is 45.7 Å². The van der Waals surface area contributed by atoms with Crippen molar-refractivity contribution in [3.05, 3.63) is 29.8 Å². The van der Waals surface area contributed by atoms with Gasteiger partial charge in [0.15, 0.2) is 0 Å². The molecule has 0 spiro atoms. The SMILES string of the molecule is CCCNC(c1cncc(F)c1)C1C(C)OC(C)C1C. The fraction of sp³-hybridized carbons (Fsp3) is 0.688. The lowest BCUT2D eigenvalue weighted by Crippen LogP contribution is -2.35. The van der Waals surface area contributed by atoms with Crippen molar-refractivity contribution >= 4 is 0 Å².